The van der Waals surface area contributed by atoms with Gasteiger partial charge < -0.3 is 14.6 Å². The fourth-order valence-electron chi connectivity index (χ4n) is 3.74. The molecule has 2 aliphatic heterocycles. The van der Waals surface area contributed by atoms with Crippen molar-refractivity contribution in [2.45, 2.75) is 37.2 Å². The van der Waals surface area contributed by atoms with E-state index in [1.54, 1.807) is 0 Å². The second kappa shape index (κ2) is 6.25. The van der Waals surface area contributed by atoms with Crippen LogP contribution in [0.5, 0.6) is 0 Å². The molecule has 0 amide bonds. The number of hydrogen-bond donors (Lipinski definition) is 1. The maximum atomic E-state index is 11.1. The lowest BCUT2D eigenvalue weighted by atomic mass is 9.65. The molecule has 110 valence electrons. The standard InChI is InChI=1S/C17H24O3/c18-16(14-6-10-19-11-7-14)17(8-12-20-13-9-17)15-4-2-1-3-5-15/h1-5,14,16,18H,6-13H2. The molecule has 1 aromatic carbocycles. The summed E-state index contributed by atoms with van der Waals surface area (Å²) in [5, 5.41) is 11.1. The van der Waals surface area contributed by atoms with Gasteiger partial charge in [-0.05, 0) is 37.2 Å². The molecular weight excluding hydrogens is 252 g/mol. The molecule has 0 spiro atoms. The molecular formula is C17H24O3. The Morgan fingerprint density at radius 1 is 0.950 bits per heavy atom. The molecule has 2 saturated heterocycles. The molecule has 0 saturated carbocycles. The summed E-state index contributed by atoms with van der Waals surface area (Å²) in [6.45, 7) is 3.05. The van der Waals surface area contributed by atoms with Crippen LogP contribution in [0.2, 0.25) is 0 Å². The fourth-order valence-corrected chi connectivity index (χ4v) is 3.74. The Morgan fingerprint density at radius 3 is 2.20 bits per heavy atom. The second-order valence-corrected chi connectivity index (χ2v) is 6.03. The highest BCUT2D eigenvalue weighted by molar-refractivity contribution is 5.28. The third-order valence-electron chi connectivity index (χ3n) is 5.01. The van der Waals surface area contributed by atoms with E-state index in [0.29, 0.717) is 5.92 Å². The van der Waals surface area contributed by atoms with Crippen LogP contribution in [0.4, 0.5) is 0 Å². The van der Waals surface area contributed by atoms with Crippen molar-refractivity contribution in [1.82, 2.24) is 0 Å². The molecule has 2 heterocycles. The van der Waals surface area contributed by atoms with E-state index in [1.165, 1.54) is 5.56 Å². The minimum absolute atomic E-state index is 0.137. The topological polar surface area (TPSA) is 38.7 Å². The molecule has 3 heteroatoms. The van der Waals surface area contributed by atoms with Gasteiger partial charge in [0.1, 0.15) is 0 Å². The number of aliphatic hydroxyl groups is 1. The summed E-state index contributed by atoms with van der Waals surface area (Å²) in [7, 11) is 0. The number of hydrogen-bond acceptors (Lipinski definition) is 3. The summed E-state index contributed by atoms with van der Waals surface area (Å²) >= 11 is 0. The number of rotatable bonds is 3. The Bertz CT molecular complexity index is 406. The van der Waals surface area contributed by atoms with E-state index < -0.39 is 0 Å². The summed E-state index contributed by atoms with van der Waals surface area (Å²) in [6.07, 6.45) is 3.47. The average Bonchev–Trinajstić information content (AvgIpc) is 2.56. The quantitative estimate of drug-likeness (QED) is 0.922. The van der Waals surface area contributed by atoms with Crippen LogP contribution in [-0.4, -0.2) is 37.6 Å². The van der Waals surface area contributed by atoms with Gasteiger partial charge >= 0.3 is 0 Å². The van der Waals surface area contributed by atoms with E-state index in [4.69, 9.17) is 9.47 Å². The Labute approximate surface area is 120 Å². The first kappa shape index (κ1) is 14.1. The summed E-state index contributed by atoms with van der Waals surface area (Å²) in [5.74, 6) is 0.349. The van der Waals surface area contributed by atoms with Crippen molar-refractivity contribution in [3.8, 4) is 0 Å². The summed E-state index contributed by atoms with van der Waals surface area (Å²) < 4.78 is 11.0. The lowest BCUT2D eigenvalue weighted by molar-refractivity contribution is -0.0661. The van der Waals surface area contributed by atoms with Gasteiger partial charge in [-0.1, -0.05) is 30.3 Å². The third kappa shape index (κ3) is 2.62. The Kier molecular flexibility index (Phi) is 4.39. The van der Waals surface area contributed by atoms with Crippen LogP contribution in [0.25, 0.3) is 0 Å². The van der Waals surface area contributed by atoms with Crippen molar-refractivity contribution in [2.24, 2.45) is 5.92 Å². The predicted octanol–water partition coefficient (Wildman–Crippen LogP) is 2.52. The third-order valence-corrected chi connectivity index (χ3v) is 5.01. The van der Waals surface area contributed by atoms with Gasteiger partial charge in [0.25, 0.3) is 0 Å². The SMILES string of the molecule is OC(C1CCOCC1)C1(c2ccccc2)CCOCC1. The minimum atomic E-state index is -0.294. The second-order valence-electron chi connectivity index (χ2n) is 6.03. The molecule has 1 atom stereocenters. The van der Waals surface area contributed by atoms with E-state index in [0.717, 1.165) is 52.1 Å². The lowest BCUT2D eigenvalue weighted by Gasteiger charge is -2.45. The molecule has 1 N–H and O–H groups in total. The number of aliphatic hydroxyl groups excluding tert-OH is 1. The van der Waals surface area contributed by atoms with Gasteiger partial charge in [-0.3, -0.25) is 0 Å². The van der Waals surface area contributed by atoms with Crippen molar-refractivity contribution in [1.29, 1.82) is 0 Å². The van der Waals surface area contributed by atoms with Crippen molar-refractivity contribution >= 4 is 0 Å². The van der Waals surface area contributed by atoms with Gasteiger partial charge in [0.05, 0.1) is 6.10 Å². The lowest BCUT2D eigenvalue weighted by Crippen LogP contribution is -2.49. The van der Waals surface area contributed by atoms with Crippen molar-refractivity contribution in [3.05, 3.63) is 35.9 Å². The predicted molar refractivity (Wildman–Crippen MR) is 77.7 cm³/mol. The Morgan fingerprint density at radius 2 is 1.55 bits per heavy atom. The molecule has 2 fully saturated rings. The zero-order chi connectivity index (χ0) is 13.8. The van der Waals surface area contributed by atoms with Gasteiger partial charge in [-0.15, -0.1) is 0 Å². The van der Waals surface area contributed by atoms with Crippen molar-refractivity contribution in [3.63, 3.8) is 0 Å². The van der Waals surface area contributed by atoms with Gasteiger partial charge in [-0.2, -0.15) is 0 Å². The molecule has 20 heavy (non-hydrogen) atoms. The van der Waals surface area contributed by atoms with E-state index in [9.17, 15) is 5.11 Å². The Balaban J connectivity index is 1.88. The zero-order valence-corrected chi connectivity index (χ0v) is 12.0. The van der Waals surface area contributed by atoms with Crippen LogP contribution in [0.1, 0.15) is 31.2 Å². The highest BCUT2D eigenvalue weighted by Crippen LogP contribution is 2.42. The maximum Gasteiger partial charge on any atom is 0.0668 e. The maximum absolute atomic E-state index is 11.1. The van der Waals surface area contributed by atoms with Crippen LogP contribution in [-0.2, 0) is 14.9 Å². The van der Waals surface area contributed by atoms with Gasteiger partial charge in [0.15, 0.2) is 0 Å². The highest BCUT2D eigenvalue weighted by Gasteiger charge is 2.44. The van der Waals surface area contributed by atoms with Crippen LogP contribution >= 0.6 is 0 Å². The summed E-state index contributed by atoms with van der Waals surface area (Å²) in [6, 6.07) is 10.5. The van der Waals surface area contributed by atoms with E-state index in [1.807, 2.05) is 6.07 Å². The van der Waals surface area contributed by atoms with E-state index in [2.05, 4.69) is 24.3 Å². The van der Waals surface area contributed by atoms with E-state index >= 15 is 0 Å². The highest BCUT2D eigenvalue weighted by atomic mass is 16.5. The molecule has 3 rings (SSSR count). The van der Waals surface area contributed by atoms with Crippen LogP contribution in [0.15, 0.2) is 30.3 Å². The minimum Gasteiger partial charge on any atom is -0.392 e. The first-order valence-corrected chi connectivity index (χ1v) is 7.72. The first-order valence-electron chi connectivity index (χ1n) is 7.72. The molecule has 0 radical (unpaired) electrons. The van der Waals surface area contributed by atoms with Gasteiger partial charge in [-0.25, -0.2) is 0 Å². The van der Waals surface area contributed by atoms with E-state index in [-0.39, 0.29) is 11.5 Å². The summed E-state index contributed by atoms with van der Waals surface area (Å²) in [5.41, 5.74) is 1.13. The molecule has 2 aliphatic rings. The first-order chi connectivity index (χ1) is 9.83. The number of ether oxygens (including phenoxy) is 2. The average molecular weight is 276 g/mol. The molecule has 0 aliphatic carbocycles. The van der Waals surface area contributed by atoms with Crippen LogP contribution in [0, 0.1) is 5.92 Å². The monoisotopic (exact) mass is 276 g/mol. The van der Waals surface area contributed by atoms with Gasteiger partial charge in [0.2, 0.25) is 0 Å². The molecule has 1 aromatic rings. The zero-order valence-electron chi connectivity index (χ0n) is 12.0. The normalized spacial score (nSPS) is 25.2. The summed E-state index contributed by atoms with van der Waals surface area (Å²) in [4.78, 5) is 0. The Hall–Kier alpha value is -0.900. The smallest absolute Gasteiger partial charge is 0.0668 e. The molecule has 0 aromatic heterocycles. The molecule has 0 bridgehead atoms. The largest absolute Gasteiger partial charge is 0.392 e. The van der Waals surface area contributed by atoms with Crippen LogP contribution < -0.4 is 0 Å². The molecule has 3 nitrogen and oxygen atoms in total. The van der Waals surface area contributed by atoms with Crippen molar-refractivity contribution < 1.29 is 14.6 Å². The molecule has 1 unspecified atom stereocenters. The van der Waals surface area contributed by atoms with Crippen molar-refractivity contribution in [2.75, 3.05) is 26.4 Å². The van der Waals surface area contributed by atoms with Crippen LogP contribution in [0.3, 0.4) is 0 Å². The van der Waals surface area contributed by atoms with Gasteiger partial charge in [0, 0.05) is 31.8 Å². The number of benzene rings is 1. The fraction of sp³-hybridized carbons (Fsp3) is 0.647.